The molecule has 2 heterocycles. The monoisotopic (exact) mass is 410 g/mol. The number of benzene rings is 1. The van der Waals surface area contributed by atoms with E-state index in [0.29, 0.717) is 5.82 Å². The maximum absolute atomic E-state index is 11.7. The maximum Gasteiger partial charge on any atom is 0.219 e. The molecule has 21 heavy (non-hydrogen) atoms. The summed E-state index contributed by atoms with van der Waals surface area (Å²) in [6.07, 6.45) is 0. The number of Topliss-reactive ketones (excluding diaryl/α,β-unsaturated/α-hetero) is 1. The van der Waals surface area contributed by atoms with Crippen LogP contribution in [-0.4, -0.2) is 20.7 Å². The second-order valence-electron chi connectivity index (χ2n) is 4.33. The fraction of sp³-hybridized carbons (Fsp3) is 0.0714. The highest BCUT2D eigenvalue weighted by Gasteiger charge is 2.17. The predicted molar refractivity (Wildman–Crippen MR) is 91.5 cm³/mol. The molecule has 2 aromatic heterocycles. The van der Waals surface area contributed by atoms with E-state index < -0.39 is 0 Å². The highest BCUT2D eigenvalue weighted by molar-refractivity contribution is 14.1. The average Bonchev–Trinajstić information content (AvgIpc) is 3.10. The quantitative estimate of drug-likeness (QED) is 0.527. The standard InChI is InChI=1S/C14H11IN4OS/c1-9(20)13-16-17-14(12-3-2-8-21-12)19(13)18-11-6-4-10(15)5-7-11/h2-8,18H,1H3. The van der Waals surface area contributed by atoms with Crippen molar-refractivity contribution in [1.82, 2.24) is 14.9 Å². The molecule has 0 unspecified atom stereocenters. The minimum atomic E-state index is -0.136. The van der Waals surface area contributed by atoms with Crippen molar-refractivity contribution in [2.24, 2.45) is 0 Å². The van der Waals surface area contributed by atoms with Gasteiger partial charge in [-0.2, -0.15) is 0 Å². The summed E-state index contributed by atoms with van der Waals surface area (Å²) >= 11 is 3.80. The minimum Gasteiger partial charge on any atom is -0.291 e. The van der Waals surface area contributed by atoms with Crippen LogP contribution in [-0.2, 0) is 0 Å². The SMILES string of the molecule is CC(=O)c1nnc(-c2cccs2)n1Nc1ccc(I)cc1. The molecular formula is C14H11IN4OS. The summed E-state index contributed by atoms with van der Waals surface area (Å²) in [5, 5.41) is 10.1. The van der Waals surface area contributed by atoms with Gasteiger partial charge in [-0.05, 0) is 58.3 Å². The molecule has 106 valence electrons. The van der Waals surface area contributed by atoms with Crippen LogP contribution < -0.4 is 5.43 Å². The molecule has 0 atom stereocenters. The molecule has 0 saturated carbocycles. The van der Waals surface area contributed by atoms with Crippen LogP contribution in [0.4, 0.5) is 5.69 Å². The van der Waals surface area contributed by atoms with Crippen LogP contribution in [0, 0.1) is 3.57 Å². The van der Waals surface area contributed by atoms with Gasteiger partial charge >= 0.3 is 0 Å². The van der Waals surface area contributed by atoms with Gasteiger partial charge in [-0.25, -0.2) is 4.68 Å². The normalized spacial score (nSPS) is 10.6. The molecule has 0 spiro atoms. The Balaban J connectivity index is 2.04. The molecule has 7 heteroatoms. The number of hydrogen-bond acceptors (Lipinski definition) is 5. The Hall–Kier alpha value is -1.74. The van der Waals surface area contributed by atoms with Gasteiger partial charge in [0, 0.05) is 10.5 Å². The number of ketones is 1. The fourth-order valence-electron chi connectivity index (χ4n) is 1.84. The molecule has 3 rings (SSSR count). The van der Waals surface area contributed by atoms with Gasteiger partial charge in [0.2, 0.25) is 5.82 Å². The van der Waals surface area contributed by atoms with Crippen LogP contribution in [0.25, 0.3) is 10.7 Å². The van der Waals surface area contributed by atoms with Crippen LogP contribution >= 0.6 is 33.9 Å². The van der Waals surface area contributed by atoms with Gasteiger partial charge in [0.05, 0.1) is 10.6 Å². The lowest BCUT2D eigenvalue weighted by atomic mass is 10.3. The van der Waals surface area contributed by atoms with E-state index in [2.05, 4.69) is 38.2 Å². The van der Waals surface area contributed by atoms with Crippen molar-refractivity contribution in [3.63, 3.8) is 0 Å². The third-order valence-corrected chi connectivity index (χ3v) is 4.39. The van der Waals surface area contributed by atoms with Crippen molar-refractivity contribution in [1.29, 1.82) is 0 Å². The number of anilines is 1. The molecule has 0 aliphatic heterocycles. The van der Waals surface area contributed by atoms with Gasteiger partial charge in [-0.3, -0.25) is 10.2 Å². The Morgan fingerprint density at radius 1 is 1.24 bits per heavy atom. The van der Waals surface area contributed by atoms with Gasteiger partial charge in [-0.1, -0.05) is 6.07 Å². The predicted octanol–water partition coefficient (Wildman–Crippen LogP) is 3.69. The third-order valence-electron chi connectivity index (χ3n) is 2.80. The maximum atomic E-state index is 11.7. The lowest BCUT2D eigenvalue weighted by molar-refractivity contribution is 0.100. The van der Waals surface area contributed by atoms with Crippen molar-refractivity contribution in [2.45, 2.75) is 6.92 Å². The van der Waals surface area contributed by atoms with Crippen molar-refractivity contribution < 1.29 is 4.79 Å². The van der Waals surface area contributed by atoms with E-state index in [-0.39, 0.29) is 11.6 Å². The zero-order valence-electron chi connectivity index (χ0n) is 11.1. The summed E-state index contributed by atoms with van der Waals surface area (Å²) in [4.78, 5) is 12.7. The molecule has 0 amide bonds. The van der Waals surface area contributed by atoms with Gasteiger partial charge < -0.3 is 0 Å². The first-order valence-electron chi connectivity index (χ1n) is 6.18. The topological polar surface area (TPSA) is 59.8 Å². The Morgan fingerprint density at radius 2 is 2.00 bits per heavy atom. The zero-order chi connectivity index (χ0) is 14.8. The van der Waals surface area contributed by atoms with Crippen molar-refractivity contribution in [3.8, 4) is 10.7 Å². The number of nitrogens with one attached hydrogen (secondary N) is 1. The van der Waals surface area contributed by atoms with Crippen LogP contribution in [0.1, 0.15) is 17.5 Å². The second-order valence-corrected chi connectivity index (χ2v) is 6.53. The molecule has 0 saturated heterocycles. The summed E-state index contributed by atoms with van der Waals surface area (Å²) in [7, 11) is 0. The van der Waals surface area contributed by atoms with E-state index in [9.17, 15) is 4.79 Å². The van der Waals surface area contributed by atoms with E-state index >= 15 is 0 Å². The van der Waals surface area contributed by atoms with Crippen molar-refractivity contribution in [2.75, 3.05) is 5.43 Å². The summed E-state index contributed by atoms with van der Waals surface area (Å²) in [5.41, 5.74) is 4.06. The highest BCUT2D eigenvalue weighted by atomic mass is 127. The molecular weight excluding hydrogens is 399 g/mol. The summed E-state index contributed by atoms with van der Waals surface area (Å²) in [6.45, 7) is 1.48. The number of rotatable bonds is 4. The molecule has 1 N–H and O–H groups in total. The Bertz CT molecular complexity index is 765. The summed E-state index contributed by atoms with van der Waals surface area (Å²) in [6, 6.07) is 11.8. The van der Waals surface area contributed by atoms with Gasteiger partial charge in [0.25, 0.3) is 0 Å². The Labute approximate surface area is 139 Å². The minimum absolute atomic E-state index is 0.136. The number of aromatic nitrogens is 3. The van der Waals surface area contributed by atoms with E-state index in [1.54, 1.807) is 16.0 Å². The number of carbonyl (C=O) groups excluding carboxylic acids is 1. The van der Waals surface area contributed by atoms with E-state index in [1.807, 2.05) is 41.8 Å². The van der Waals surface area contributed by atoms with E-state index in [0.717, 1.165) is 14.1 Å². The molecule has 0 radical (unpaired) electrons. The number of thiophene rings is 1. The number of halogens is 1. The lowest BCUT2D eigenvalue weighted by Gasteiger charge is -2.11. The zero-order valence-corrected chi connectivity index (χ0v) is 14.1. The first-order valence-corrected chi connectivity index (χ1v) is 8.14. The van der Waals surface area contributed by atoms with Crippen LogP contribution in [0.2, 0.25) is 0 Å². The number of hydrogen-bond donors (Lipinski definition) is 1. The molecule has 0 aliphatic rings. The lowest BCUT2D eigenvalue weighted by Crippen LogP contribution is -2.16. The Kier molecular flexibility index (Phi) is 4.02. The Morgan fingerprint density at radius 3 is 2.62 bits per heavy atom. The number of nitrogens with zero attached hydrogens (tertiary/aromatic N) is 3. The molecule has 0 bridgehead atoms. The van der Waals surface area contributed by atoms with Crippen LogP contribution in [0.3, 0.4) is 0 Å². The summed E-state index contributed by atoms with van der Waals surface area (Å²) in [5.74, 6) is 0.786. The van der Waals surface area contributed by atoms with Crippen LogP contribution in [0.5, 0.6) is 0 Å². The van der Waals surface area contributed by atoms with Crippen LogP contribution in [0.15, 0.2) is 41.8 Å². The first kappa shape index (κ1) is 14.2. The van der Waals surface area contributed by atoms with Gasteiger partial charge in [0.1, 0.15) is 0 Å². The van der Waals surface area contributed by atoms with Gasteiger partial charge in [-0.15, -0.1) is 21.5 Å². The van der Waals surface area contributed by atoms with Crippen molar-refractivity contribution in [3.05, 3.63) is 51.2 Å². The van der Waals surface area contributed by atoms with E-state index in [4.69, 9.17) is 0 Å². The van der Waals surface area contributed by atoms with E-state index in [1.165, 1.54) is 6.92 Å². The molecule has 5 nitrogen and oxygen atoms in total. The molecule has 0 fully saturated rings. The van der Waals surface area contributed by atoms with Gasteiger partial charge in [0.15, 0.2) is 11.6 Å². The average molecular weight is 410 g/mol. The largest absolute Gasteiger partial charge is 0.291 e. The highest BCUT2D eigenvalue weighted by Crippen LogP contribution is 2.24. The smallest absolute Gasteiger partial charge is 0.219 e. The van der Waals surface area contributed by atoms with Crippen molar-refractivity contribution >= 4 is 45.4 Å². The third kappa shape index (κ3) is 2.98. The number of carbonyl (C=O) groups is 1. The molecule has 1 aromatic carbocycles. The first-order chi connectivity index (χ1) is 10.1. The second kappa shape index (κ2) is 5.94. The summed E-state index contributed by atoms with van der Waals surface area (Å²) < 4.78 is 2.78. The fourth-order valence-corrected chi connectivity index (χ4v) is 2.90. The molecule has 3 aromatic rings. The molecule has 0 aliphatic carbocycles.